The molecular formula is C19H23NO2. The second-order valence-corrected chi connectivity index (χ2v) is 5.43. The van der Waals surface area contributed by atoms with Gasteiger partial charge in [0, 0.05) is 11.8 Å². The molecule has 0 bridgehead atoms. The van der Waals surface area contributed by atoms with Crippen molar-refractivity contribution < 1.29 is 9.53 Å². The SMILES string of the molecule is CCCc1ccc(-c2ccc(CC(=O)OCC)cn2)c(C)c1. The van der Waals surface area contributed by atoms with Crippen molar-refractivity contribution in [3.8, 4) is 11.3 Å². The lowest BCUT2D eigenvalue weighted by molar-refractivity contribution is -0.142. The first-order chi connectivity index (χ1) is 10.6. The van der Waals surface area contributed by atoms with Crippen molar-refractivity contribution >= 4 is 5.97 Å². The maximum absolute atomic E-state index is 11.5. The van der Waals surface area contributed by atoms with Crippen LogP contribution in [0.5, 0.6) is 0 Å². The number of aryl methyl sites for hydroxylation is 2. The molecule has 0 saturated carbocycles. The zero-order chi connectivity index (χ0) is 15.9. The molecule has 2 aromatic rings. The van der Waals surface area contributed by atoms with Gasteiger partial charge in [-0.1, -0.05) is 37.6 Å². The fraction of sp³-hybridized carbons (Fsp3) is 0.368. The van der Waals surface area contributed by atoms with E-state index < -0.39 is 0 Å². The van der Waals surface area contributed by atoms with Gasteiger partial charge in [0.2, 0.25) is 0 Å². The molecule has 2 rings (SSSR count). The van der Waals surface area contributed by atoms with Crippen LogP contribution in [0.1, 0.15) is 37.0 Å². The van der Waals surface area contributed by atoms with Crippen molar-refractivity contribution in [3.05, 3.63) is 53.2 Å². The molecule has 22 heavy (non-hydrogen) atoms. The molecular weight excluding hydrogens is 274 g/mol. The van der Waals surface area contributed by atoms with Crippen LogP contribution in [-0.4, -0.2) is 17.6 Å². The molecule has 0 saturated heterocycles. The molecule has 0 atom stereocenters. The van der Waals surface area contributed by atoms with Gasteiger partial charge in [-0.15, -0.1) is 0 Å². The average molecular weight is 297 g/mol. The lowest BCUT2D eigenvalue weighted by atomic mass is 9.99. The van der Waals surface area contributed by atoms with E-state index >= 15 is 0 Å². The third kappa shape index (κ3) is 4.17. The molecule has 0 amide bonds. The minimum atomic E-state index is -0.211. The first-order valence-electron chi connectivity index (χ1n) is 7.84. The number of carbonyl (C=O) groups excluding carboxylic acids is 1. The Hall–Kier alpha value is -2.16. The zero-order valence-corrected chi connectivity index (χ0v) is 13.6. The molecule has 0 radical (unpaired) electrons. The standard InChI is InChI=1S/C19H23NO2/c1-4-6-15-7-9-17(14(3)11-15)18-10-8-16(13-20-18)12-19(21)22-5-2/h7-11,13H,4-6,12H2,1-3H3. The number of hydrogen-bond acceptors (Lipinski definition) is 3. The van der Waals surface area contributed by atoms with E-state index in [2.05, 4.69) is 37.0 Å². The van der Waals surface area contributed by atoms with Crippen LogP contribution in [0, 0.1) is 6.92 Å². The number of rotatable bonds is 6. The minimum absolute atomic E-state index is 0.211. The van der Waals surface area contributed by atoms with Crippen LogP contribution in [0.25, 0.3) is 11.3 Å². The largest absolute Gasteiger partial charge is 0.466 e. The highest BCUT2D eigenvalue weighted by Crippen LogP contribution is 2.23. The van der Waals surface area contributed by atoms with Gasteiger partial charge in [0.25, 0.3) is 0 Å². The molecule has 0 N–H and O–H groups in total. The normalized spacial score (nSPS) is 10.5. The van der Waals surface area contributed by atoms with Crippen LogP contribution >= 0.6 is 0 Å². The van der Waals surface area contributed by atoms with Crippen molar-refractivity contribution in [1.29, 1.82) is 0 Å². The Morgan fingerprint density at radius 2 is 1.91 bits per heavy atom. The monoisotopic (exact) mass is 297 g/mol. The van der Waals surface area contributed by atoms with Crippen LogP contribution < -0.4 is 0 Å². The Morgan fingerprint density at radius 1 is 1.14 bits per heavy atom. The van der Waals surface area contributed by atoms with E-state index in [1.165, 1.54) is 11.1 Å². The zero-order valence-electron chi connectivity index (χ0n) is 13.6. The van der Waals surface area contributed by atoms with E-state index in [-0.39, 0.29) is 12.4 Å². The fourth-order valence-corrected chi connectivity index (χ4v) is 2.52. The quantitative estimate of drug-likeness (QED) is 0.753. The molecule has 0 spiro atoms. The number of ether oxygens (including phenoxy) is 1. The third-order valence-corrected chi connectivity index (χ3v) is 3.58. The van der Waals surface area contributed by atoms with Gasteiger partial charge < -0.3 is 4.74 Å². The third-order valence-electron chi connectivity index (χ3n) is 3.58. The van der Waals surface area contributed by atoms with Crippen LogP contribution in [0.15, 0.2) is 36.5 Å². The summed E-state index contributed by atoms with van der Waals surface area (Å²) in [4.78, 5) is 16.0. The van der Waals surface area contributed by atoms with E-state index in [0.29, 0.717) is 6.61 Å². The first-order valence-corrected chi connectivity index (χ1v) is 7.84. The van der Waals surface area contributed by atoms with Crippen LogP contribution in [-0.2, 0) is 22.4 Å². The van der Waals surface area contributed by atoms with Gasteiger partial charge in [-0.2, -0.15) is 0 Å². The fourth-order valence-electron chi connectivity index (χ4n) is 2.52. The van der Waals surface area contributed by atoms with E-state index in [1.54, 1.807) is 6.20 Å². The number of hydrogen-bond donors (Lipinski definition) is 0. The minimum Gasteiger partial charge on any atom is -0.466 e. The number of nitrogens with zero attached hydrogens (tertiary/aromatic N) is 1. The summed E-state index contributed by atoms with van der Waals surface area (Å²) in [5, 5.41) is 0. The van der Waals surface area contributed by atoms with Gasteiger partial charge in [0.1, 0.15) is 0 Å². The smallest absolute Gasteiger partial charge is 0.310 e. The van der Waals surface area contributed by atoms with Crippen molar-refractivity contribution in [2.75, 3.05) is 6.61 Å². The maximum atomic E-state index is 11.5. The summed E-state index contributed by atoms with van der Waals surface area (Å²) in [5.41, 5.74) is 5.55. The highest BCUT2D eigenvalue weighted by Gasteiger charge is 2.07. The Kier molecular flexibility index (Phi) is 5.70. The molecule has 0 aliphatic heterocycles. The van der Waals surface area contributed by atoms with Gasteiger partial charge in [0.15, 0.2) is 0 Å². The van der Waals surface area contributed by atoms with Gasteiger partial charge in [0.05, 0.1) is 18.7 Å². The molecule has 0 aliphatic carbocycles. The topological polar surface area (TPSA) is 39.2 Å². The average Bonchev–Trinajstić information content (AvgIpc) is 2.49. The Labute approximate surface area is 132 Å². The van der Waals surface area contributed by atoms with Gasteiger partial charge >= 0.3 is 5.97 Å². The van der Waals surface area contributed by atoms with E-state index in [1.807, 2.05) is 19.1 Å². The molecule has 3 heteroatoms. The molecule has 1 aromatic heterocycles. The number of pyridine rings is 1. The van der Waals surface area contributed by atoms with E-state index in [4.69, 9.17) is 4.74 Å². The van der Waals surface area contributed by atoms with E-state index in [9.17, 15) is 4.79 Å². The van der Waals surface area contributed by atoms with E-state index in [0.717, 1.165) is 29.7 Å². The highest BCUT2D eigenvalue weighted by molar-refractivity contribution is 5.72. The summed E-state index contributed by atoms with van der Waals surface area (Å²) in [6.45, 7) is 6.52. The summed E-state index contributed by atoms with van der Waals surface area (Å²) < 4.78 is 4.95. The van der Waals surface area contributed by atoms with Crippen molar-refractivity contribution in [1.82, 2.24) is 4.98 Å². The lowest BCUT2D eigenvalue weighted by Gasteiger charge is -2.09. The van der Waals surface area contributed by atoms with Crippen molar-refractivity contribution in [3.63, 3.8) is 0 Å². The summed E-state index contributed by atoms with van der Waals surface area (Å²) in [6, 6.07) is 10.4. The maximum Gasteiger partial charge on any atom is 0.310 e. The van der Waals surface area contributed by atoms with Gasteiger partial charge in [-0.05, 0) is 43.0 Å². The Balaban J connectivity index is 2.15. The first kappa shape index (κ1) is 16.2. The van der Waals surface area contributed by atoms with Gasteiger partial charge in [-0.25, -0.2) is 0 Å². The molecule has 1 heterocycles. The van der Waals surface area contributed by atoms with Gasteiger partial charge in [-0.3, -0.25) is 9.78 Å². The van der Waals surface area contributed by atoms with Crippen molar-refractivity contribution in [2.45, 2.75) is 40.0 Å². The van der Waals surface area contributed by atoms with Crippen LogP contribution in [0.2, 0.25) is 0 Å². The summed E-state index contributed by atoms with van der Waals surface area (Å²) in [5.74, 6) is -0.211. The number of benzene rings is 1. The highest BCUT2D eigenvalue weighted by atomic mass is 16.5. The van der Waals surface area contributed by atoms with Crippen LogP contribution in [0.4, 0.5) is 0 Å². The predicted molar refractivity (Wildman–Crippen MR) is 88.7 cm³/mol. The number of aromatic nitrogens is 1. The number of carbonyl (C=O) groups is 1. The molecule has 1 aromatic carbocycles. The lowest BCUT2D eigenvalue weighted by Crippen LogP contribution is -2.07. The number of esters is 1. The predicted octanol–water partition coefficient (Wildman–Crippen LogP) is 4.12. The summed E-state index contributed by atoms with van der Waals surface area (Å²) >= 11 is 0. The molecule has 0 fully saturated rings. The Morgan fingerprint density at radius 3 is 2.50 bits per heavy atom. The molecule has 3 nitrogen and oxygen atoms in total. The molecule has 0 unspecified atom stereocenters. The summed E-state index contributed by atoms with van der Waals surface area (Å²) in [7, 11) is 0. The molecule has 0 aliphatic rings. The molecule has 116 valence electrons. The summed E-state index contributed by atoms with van der Waals surface area (Å²) in [6.07, 6.45) is 4.29. The van der Waals surface area contributed by atoms with Crippen molar-refractivity contribution in [2.24, 2.45) is 0 Å². The van der Waals surface area contributed by atoms with Crippen LogP contribution in [0.3, 0.4) is 0 Å². The second-order valence-electron chi connectivity index (χ2n) is 5.43. The Bertz CT molecular complexity index is 632. The second kappa shape index (κ2) is 7.74.